The number of aromatic amines is 1. The quantitative estimate of drug-likeness (QED) is 0.838. The highest BCUT2D eigenvalue weighted by Gasteiger charge is 2.12. The summed E-state index contributed by atoms with van der Waals surface area (Å²) >= 11 is 0. The number of nitrogens with one attached hydrogen (secondary N) is 2. The van der Waals surface area contributed by atoms with Gasteiger partial charge < -0.3 is 5.32 Å². The van der Waals surface area contributed by atoms with Crippen LogP contribution in [0, 0.1) is 11.6 Å². The van der Waals surface area contributed by atoms with Crippen LogP contribution in [0.15, 0.2) is 24.5 Å². The maximum absolute atomic E-state index is 13.2. The summed E-state index contributed by atoms with van der Waals surface area (Å²) in [6.45, 7) is 0.0643. The van der Waals surface area contributed by atoms with Gasteiger partial charge in [-0.25, -0.2) is 13.8 Å². The van der Waals surface area contributed by atoms with Crippen LogP contribution >= 0.6 is 0 Å². The molecule has 5 nitrogen and oxygen atoms in total. The first-order chi connectivity index (χ1) is 8.16. The monoisotopic (exact) mass is 238 g/mol. The minimum Gasteiger partial charge on any atom is -0.345 e. The molecule has 0 unspecified atom stereocenters. The van der Waals surface area contributed by atoms with E-state index >= 15 is 0 Å². The van der Waals surface area contributed by atoms with E-state index in [4.69, 9.17) is 0 Å². The number of carbonyl (C=O) groups excluding carboxylic acids is 1. The Balaban J connectivity index is 2.07. The molecule has 0 saturated heterocycles. The summed E-state index contributed by atoms with van der Waals surface area (Å²) in [7, 11) is 0. The van der Waals surface area contributed by atoms with E-state index in [1.807, 2.05) is 0 Å². The number of hydrogen-bond donors (Lipinski definition) is 2. The molecule has 1 aromatic carbocycles. The minimum absolute atomic E-state index is 0.0643. The van der Waals surface area contributed by atoms with Crippen molar-refractivity contribution in [2.45, 2.75) is 6.54 Å². The third kappa shape index (κ3) is 2.63. The number of amides is 1. The van der Waals surface area contributed by atoms with Crippen molar-refractivity contribution in [3.63, 3.8) is 0 Å². The average molecular weight is 238 g/mol. The highest BCUT2D eigenvalue weighted by molar-refractivity contribution is 5.94. The van der Waals surface area contributed by atoms with Crippen LogP contribution in [0.1, 0.15) is 16.2 Å². The van der Waals surface area contributed by atoms with E-state index in [0.717, 1.165) is 18.2 Å². The minimum atomic E-state index is -0.776. The summed E-state index contributed by atoms with van der Waals surface area (Å²) in [6, 6.07) is 2.69. The Hall–Kier alpha value is -2.31. The van der Waals surface area contributed by atoms with Crippen molar-refractivity contribution in [3.8, 4) is 0 Å². The molecule has 88 valence electrons. The Bertz CT molecular complexity index is 527. The predicted octanol–water partition coefficient (Wildman–Crippen LogP) is 1.01. The zero-order chi connectivity index (χ0) is 12.3. The van der Waals surface area contributed by atoms with Gasteiger partial charge in [0.15, 0.2) is 0 Å². The zero-order valence-electron chi connectivity index (χ0n) is 8.58. The number of nitrogens with zero attached hydrogens (tertiary/aromatic N) is 2. The van der Waals surface area contributed by atoms with Crippen molar-refractivity contribution in [2.24, 2.45) is 0 Å². The predicted molar refractivity (Wildman–Crippen MR) is 53.9 cm³/mol. The van der Waals surface area contributed by atoms with Gasteiger partial charge in [-0.2, -0.15) is 5.10 Å². The van der Waals surface area contributed by atoms with Crippen molar-refractivity contribution in [3.05, 3.63) is 47.5 Å². The first-order valence-electron chi connectivity index (χ1n) is 4.74. The summed E-state index contributed by atoms with van der Waals surface area (Å²) in [4.78, 5) is 15.3. The molecular weight excluding hydrogens is 230 g/mol. The first kappa shape index (κ1) is 11.2. The molecule has 0 atom stereocenters. The molecule has 0 aliphatic carbocycles. The third-order valence-electron chi connectivity index (χ3n) is 2.05. The standard InChI is InChI=1S/C10H8F2N4O/c11-6-1-2-8(12)7(3-6)10(17)13-4-9-14-5-15-16-9/h1-3,5H,4H2,(H,13,17)(H,14,15,16). The molecule has 2 N–H and O–H groups in total. The molecule has 2 aromatic rings. The van der Waals surface area contributed by atoms with E-state index in [2.05, 4.69) is 20.5 Å². The van der Waals surface area contributed by atoms with Gasteiger partial charge in [-0.15, -0.1) is 0 Å². The molecule has 0 bridgehead atoms. The van der Waals surface area contributed by atoms with Crippen LogP contribution in [0.3, 0.4) is 0 Å². The second-order valence-corrected chi connectivity index (χ2v) is 3.24. The first-order valence-corrected chi connectivity index (χ1v) is 4.74. The molecule has 0 spiro atoms. The second kappa shape index (κ2) is 4.69. The van der Waals surface area contributed by atoms with E-state index in [1.165, 1.54) is 6.33 Å². The lowest BCUT2D eigenvalue weighted by Crippen LogP contribution is -2.24. The molecule has 0 radical (unpaired) electrons. The van der Waals surface area contributed by atoms with Gasteiger partial charge in [0, 0.05) is 0 Å². The van der Waals surface area contributed by atoms with Gasteiger partial charge in [0.25, 0.3) is 5.91 Å². The van der Waals surface area contributed by atoms with Crippen molar-refractivity contribution >= 4 is 5.91 Å². The molecule has 0 saturated carbocycles. The van der Waals surface area contributed by atoms with Crippen molar-refractivity contribution < 1.29 is 13.6 Å². The van der Waals surface area contributed by atoms with Crippen LogP contribution in [0.4, 0.5) is 8.78 Å². The summed E-state index contributed by atoms with van der Waals surface area (Å²) in [6.07, 6.45) is 1.28. The Kier molecular flexibility index (Phi) is 3.08. The number of benzene rings is 1. The highest BCUT2D eigenvalue weighted by atomic mass is 19.1. The highest BCUT2D eigenvalue weighted by Crippen LogP contribution is 2.09. The fourth-order valence-electron chi connectivity index (χ4n) is 1.25. The topological polar surface area (TPSA) is 70.7 Å². The van der Waals surface area contributed by atoms with Crippen LogP contribution < -0.4 is 5.32 Å². The third-order valence-corrected chi connectivity index (χ3v) is 2.05. The number of H-pyrrole nitrogens is 1. The molecule has 1 heterocycles. The Morgan fingerprint density at radius 1 is 1.41 bits per heavy atom. The van der Waals surface area contributed by atoms with Crippen LogP contribution in [-0.2, 0) is 6.54 Å². The van der Waals surface area contributed by atoms with Gasteiger partial charge in [0.2, 0.25) is 0 Å². The Labute approximate surface area is 94.9 Å². The smallest absolute Gasteiger partial charge is 0.254 e. The van der Waals surface area contributed by atoms with Crippen LogP contribution in [0.2, 0.25) is 0 Å². The lowest BCUT2D eigenvalue weighted by Gasteiger charge is -2.04. The van der Waals surface area contributed by atoms with E-state index < -0.39 is 17.5 Å². The van der Waals surface area contributed by atoms with Crippen molar-refractivity contribution in [2.75, 3.05) is 0 Å². The second-order valence-electron chi connectivity index (χ2n) is 3.24. The van der Waals surface area contributed by atoms with Crippen molar-refractivity contribution in [1.82, 2.24) is 20.5 Å². The molecule has 2 rings (SSSR count). The lowest BCUT2D eigenvalue weighted by atomic mass is 10.2. The molecule has 0 fully saturated rings. The Morgan fingerprint density at radius 3 is 2.94 bits per heavy atom. The van der Waals surface area contributed by atoms with Gasteiger partial charge in [0.05, 0.1) is 12.1 Å². The fraction of sp³-hybridized carbons (Fsp3) is 0.100. The van der Waals surface area contributed by atoms with E-state index in [-0.39, 0.29) is 12.1 Å². The SMILES string of the molecule is O=C(NCc1ncn[nH]1)c1cc(F)ccc1F. The molecule has 0 aliphatic heterocycles. The summed E-state index contributed by atoms with van der Waals surface area (Å²) < 4.78 is 26.1. The molecule has 1 aromatic heterocycles. The van der Waals surface area contributed by atoms with Gasteiger partial charge in [-0.3, -0.25) is 9.89 Å². The van der Waals surface area contributed by atoms with E-state index in [9.17, 15) is 13.6 Å². The van der Waals surface area contributed by atoms with Gasteiger partial charge in [-0.05, 0) is 18.2 Å². The number of halogens is 2. The molecule has 0 aliphatic rings. The lowest BCUT2D eigenvalue weighted by molar-refractivity contribution is 0.0945. The average Bonchev–Trinajstić information content (AvgIpc) is 2.82. The normalized spacial score (nSPS) is 10.2. The zero-order valence-corrected chi connectivity index (χ0v) is 8.58. The molecule has 1 amide bonds. The summed E-state index contributed by atoms with van der Waals surface area (Å²) in [5, 5.41) is 8.50. The fourth-order valence-corrected chi connectivity index (χ4v) is 1.25. The maximum Gasteiger partial charge on any atom is 0.254 e. The number of hydrogen-bond acceptors (Lipinski definition) is 3. The molecular formula is C10H8F2N4O. The summed E-state index contributed by atoms with van der Waals surface area (Å²) in [5.74, 6) is -1.73. The van der Waals surface area contributed by atoms with E-state index in [1.54, 1.807) is 0 Å². The number of aromatic nitrogens is 3. The van der Waals surface area contributed by atoms with Gasteiger partial charge in [-0.1, -0.05) is 0 Å². The van der Waals surface area contributed by atoms with Crippen molar-refractivity contribution in [1.29, 1.82) is 0 Å². The van der Waals surface area contributed by atoms with Gasteiger partial charge in [0.1, 0.15) is 23.8 Å². The Morgan fingerprint density at radius 2 is 2.24 bits per heavy atom. The number of rotatable bonds is 3. The summed E-state index contributed by atoms with van der Waals surface area (Å²) in [5.41, 5.74) is -0.343. The van der Waals surface area contributed by atoms with Gasteiger partial charge >= 0.3 is 0 Å². The molecule has 17 heavy (non-hydrogen) atoms. The maximum atomic E-state index is 13.2. The largest absolute Gasteiger partial charge is 0.345 e. The van der Waals surface area contributed by atoms with Crippen LogP contribution in [0.5, 0.6) is 0 Å². The van der Waals surface area contributed by atoms with Crippen LogP contribution in [0.25, 0.3) is 0 Å². The van der Waals surface area contributed by atoms with E-state index in [0.29, 0.717) is 5.82 Å². The number of carbonyl (C=O) groups is 1. The molecule has 7 heteroatoms. The van der Waals surface area contributed by atoms with Crippen LogP contribution in [-0.4, -0.2) is 21.1 Å².